The lowest BCUT2D eigenvalue weighted by molar-refractivity contribution is 1.01. The molecule has 0 N–H and O–H groups in total. The maximum atomic E-state index is 4.99. The first-order valence-corrected chi connectivity index (χ1v) is 18.0. The molecule has 10 aromatic rings. The first-order valence-electron chi connectivity index (χ1n) is 17.2. The highest BCUT2D eigenvalue weighted by Crippen LogP contribution is 2.42. The van der Waals surface area contributed by atoms with Gasteiger partial charge in [-0.05, 0) is 105 Å². The fraction of sp³-hybridized carbons (Fsp3) is 0.0426. The molecule has 0 saturated heterocycles. The Morgan fingerprint density at radius 2 is 1.10 bits per heavy atom. The van der Waals surface area contributed by atoms with Gasteiger partial charge in [0.25, 0.3) is 0 Å². The molecule has 2 nitrogen and oxygen atoms in total. The summed E-state index contributed by atoms with van der Waals surface area (Å²) in [5, 5.41) is 11.5. The second-order valence-corrected chi connectivity index (χ2v) is 14.2. The van der Waals surface area contributed by atoms with Crippen LogP contribution in [0, 0.1) is 6.92 Å². The maximum absolute atomic E-state index is 4.99. The Labute approximate surface area is 294 Å². The summed E-state index contributed by atoms with van der Waals surface area (Å²) in [7, 11) is 0. The van der Waals surface area contributed by atoms with Gasteiger partial charge in [0.2, 0.25) is 0 Å². The van der Waals surface area contributed by atoms with Gasteiger partial charge in [-0.15, -0.1) is 11.3 Å². The molecule has 3 heterocycles. The van der Waals surface area contributed by atoms with E-state index in [-0.39, 0.29) is 0 Å². The number of pyridine rings is 1. The van der Waals surface area contributed by atoms with Crippen molar-refractivity contribution in [3.63, 3.8) is 0 Å². The zero-order valence-electron chi connectivity index (χ0n) is 27.8. The van der Waals surface area contributed by atoms with Crippen LogP contribution in [-0.4, -0.2) is 9.55 Å². The highest BCUT2D eigenvalue weighted by molar-refractivity contribution is 7.26. The second-order valence-electron chi connectivity index (χ2n) is 13.1. The molecule has 0 unspecified atom stereocenters. The van der Waals surface area contributed by atoms with E-state index in [0.29, 0.717) is 0 Å². The van der Waals surface area contributed by atoms with Crippen molar-refractivity contribution in [2.24, 2.45) is 0 Å². The number of rotatable bonds is 4. The molecule has 7 aromatic carbocycles. The molecule has 0 fully saturated rings. The van der Waals surface area contributed by atoms with Gasteiger partial charge in [-0.3, -0.25) is 4.57 Å². The first-order chi connectivity index (χ1) is 24.7. The molecule has 0 saturated carbocycles. The van der Waals surface area contributed by atoms with E-state index < -0.39 is 0 Å². The minimum atomic E-state index is 0.994. The highest BCUT2D eigenvalue weighted by Gasteiger charge is 2.19. The number of allylic oxidation sites excluding steroid dienone is 1. The van der Waals surface area contributed by atoms with E-state index in [4.69, 9.17) is 4.98 Å². The fourth-order valence-electron chi connectivity index (χ4n) is 8.04. The third-order valence-electron chi connectivity index (χ3n) is 10.3. The summed E-state index contributed by atoms with van der Waals surface area (Å²) in [5.41, 5.74) is 8.51. The largest absolute Gasteiger partial charge is 0.297 e. The van der Waals surface area contributed by atoms with Crippen LogP contribution in [0.15, 0.2) is 152 Å². The number of fused-ring (bicyclic) bond motifs is 10. The number of para-hydroxylation sites is 1. The molecular formula is C47H32N2S. The third-order valence-corrected chi connectivity index (χ3v) is 11.5. The van der Waals surface area contributed by atoms with E-state index in [2.05, 4.69) is 170 Å². The Hall–Kier alpha value is -6.03. The molecule has 3 aromatic heterocycles. The van der Waals surface area contributed by atoms with E-state index in [1.165, 1.54) is 96.9 Å². The average molecular weight is 657 g/mol. The van der Waals surface area contributed by atoms with Crippen molar-refractivity contribution >= 4 is 80.8 Å². The maximum Gasteiger partial charge on any atom is 0.155 e. The smallest absolute Gasteiger partial charge is 0.155 e. The summed E-state index contributed by atoms with van der Waals surface area (Å²) in [6, 6.07) is 51.2. The van der Waals surface area contributed by atoms with Crippen LogP contribution in [-0.2, 0) is 0 Å². The normalized spacial score (nSPS) is 12.1. The van der Waals surface area contributed by atoms with Gasteiger partial charge in [0, 0.05) is 38.3 Å². The van der Waals surface area contributed by atoms with Gasteiger partial charge in [0.05, 0.1) is 10.2 Å². The third kappa shape index (κ3) is 4.30. The summed E-state index contributed by atoms with van der Waals surface area (Å²) in [6.45, 7) is 4.28. The number of benzene rings is 7. The van der Waals surface area contributed by atoms with E-state index >= 15 is 0 Å². The monoisotopic (exact) mass is 656 g/mol. The van der Waals surface area contributed by atoms with E-state index in [1.54, 1.807) is 0 Å². The Morgan fingerprint density at radius 3 is 1.80 bits per heavy atom. The van der Waals surface area contributed by atoms with Crippen molar-refractivity contribution in [2.45, 2.75) is 13.8 Å². The minimum Gasteiger partial charge on any atom is -0.297 e. The van der Waals surface area contributed by atoms with Gasteiger partial charge in [0.1, 0.15) is 0 Å². The number of nitrogens with zero attached hydrogens (tertiary/aromatic N) is 2. The van der Waals surface area contributed by atoms with Crippen LogP contribution in [0.1, 0.15) is 18.2 Å². The van der Waals surface area contributed by atoms with Crippen LogP contribution >= 0.6 is 11.3 Å². The Morgan fingerprint density at radius 1 is 0.520 bits per heavy atom. The number of hydrogen-bond acceptors (Lipinski definition) is 2. The molecule has 0 bridgehead atoms. The lowest BCUT2D eigenvalue weighted by atomic mass is 9.91. The van der Waals surface area contributed by atoms with Crippen LogP contribution in [0.4, 0.5) is 0 Å². The zero-order valence-corrected chi connectivity index (χ0v) is 28.6. The molecule has 0 amide bonds. The highest BCUT2D eigenvalue weighted by atomic mass is 32.1. The number of hydrogen-bond donors (Lipinski definition) is 0. The van der Waals surface area contributed by atoms with Crippen molar-refractivity contribution in [3.8, 4) is 28.1 Å². The summed E-state index contributed by atoms with van der Waals surface area (Å²) in [4.78, 5) is 4.99. The van der Waals surface area contributed by atoms with E-state index in [1.807, 2.05) is 17.5 Å². The molecule has 0 aliphatic heterocycles. The topological polar surface area (TPSA) is 17.8 Å². The molecule has 0 aliphatic rings. The van der Waals surface area contributed by atoms with E-state index in [9.17, 15) is 0 Å². The molecule has 0 spiro atoms. The molecule has 0 radical (unpaired) electrons. The van der Waals surface area contributed by atoms with E-state index in [0.717, 1.165) is 5.82 Å². The number of aromatic nitrogens is 2. The molecule has 0 aliphatic carbocycles. The van der Waals surface area contributed by atoms with Gasteiger partial charge in [-0.2, -0.15) is 0 Å². The predicted octanol–water partition coefficient (Wildman–Crippen LogP) is 13.5. The Kier molecular flexibility index (Phi) is 6.52. The average Bonchev–Trinajstić information content (AvgIpc) is 3.69. The standard InChI is InChI=1S/C47H32N2S/c1-3-11-34-29(2)49(44-19-9-8-18-40(34)44)47-46-41(24-25-48-47)43-28-33(21-23-45(43)50-46)31-13-10-12-30(26-31)32-20-22-39-37-16-5-4-14-35(37)36-15-6-7-17-38(36)42(39)27-32/h3-28H,1-2H3/b11-3-. The van der Waals surface area contributed by atoms with Crippen molar-refractivity contribution < 1.29 is 0 Å². The van der Waals surface area contributed by atoms with Gasteiger partial charge in [-0.25, -0.2) is 4.98 Å². The van der Waals surface area contributed by atoms with Gasteiger partial charge < -0.3 is 0 Å². The van der Waals surface area contributed by atoms with Gasteiger partial charge >= 0.3 is 0 Å². The molecular weight excluding hydrogens is 625 g/mol. The molecule has 236 valence electrons. The summed E-state index contributed by atoms with van der Waals surface area (Å²) in [5.74, 6) is 0.994. The van der Waals surface area contributed by atoms with Gasteiger partial charge in [-0.1, -0.05) is 115 Å². The van der Waals surface area contributed by atoms with Crippen LogP contribution < -0.4 is 0 Å². The molecule has 3 heteroatoms. The molecule has 50 heavy (non-hydrogen) atoms. The van der Waals surface area contributed by atoms with Crippen LogP contribution in [0.5, 0.6) is 0 Å². The second kappa shape index (κ2) is 11.3. The van der Waals surface area contributed by atoms with Crippen molar-refractivity contribution in [2.75, 3.05) is 0 Å². The molecule has 10 rings (SSSR count). The van der Waals surface area contributed by atoms with Crippen LogP contribution in [0.2, 0.25) is 0 Å². The quantitative estimate of drug-likeness (QED) is 0.172. The van der Waals surface area contributed by atoms with Crippen molar-refractivity contribution in [1.82, 2.24) is 9.55 Å². The number of thiophene rings is 1. The lowest BCUT2D eigenvalue weighted by Gasteiger charge is -2.12. The molecule has 0 atom stereocenters. The SMILES string of the molecule is C/C=C\c1c(C)n(-c2nccc3c2sc2ccc(-c4cccc(-c5ccc6c7ccccc7c7ccccc7c6c5)c4)cc23)c2ccccc12. The predicted molar refractivity (Wildman–Crippen MR) is 217 cm³/mol. The van der Waals surface area contributed by atoms with Crippen molar-refractivity contribution in [3.05, 3.63) is 163 Å². The summed E-state index contributed by atoms with van der Waals surface area (Å²) < 4.78 is 4.81. The Bertz CT molecular complexity index is 2980. The Balaban J connectivity index is 1.10. The fourth-order valence-corrected chi connectivity index (χ4v) is 9.19. The zero-order chi connectivity index (χ0) is 33.3. The minimum absolute atomic E-state index is 0.994. The van der Waals surface area contributed by atoms with Crippen LogP contribution in [0.3, 0.4) is 0 Å². The van der Waals surface area contributed by atoms with Crippen LogP contribution in [0.25, 0.3) is 97.5 Å². The van der Waals surface area contributed by atoms with Gasteiger partial charge in [0.15, 0.2) is 5.82 Å². The van der Waals surface area contributed by atoms with Crippen molar-refractivity contribution in [1.29, 1.82) is 0 Å². The first kappa shape index (κ1) is 28.9. The summed E-state index contributed by atoms with van der Waals surface area (Å²) in [6.07, 6.45) is 6.29. The summed E-state index contributed by atoms with van der Waals surface area (Å²) >= 11 is 1.83. The lowest BCUT2D eigenvalue weighted by Crippen LogP contribution is -1.99.